The van der Waals surface area contributed by atoms with E-state index in [0.29, 0.717) is 6.07 Å². The lowest BCUT2D eigenvalue weighted by Gasteiger charge is -2.08. The number of rotatable bonds is 3. The Morgan fingerprint density at radius 1 is 1.32 bits per heavy atom. The first kappa shape index (κ1) is 14.7. The van der Waals surface area contributed by atoms with Crippen LogP contribution in [0.25, 0.3) is 0 Å². The van der Waals surface area contributed by atoms with Gasteiger partial charge in [-0.25, -0.2) is 4.79 Å². The van der Waals surface area contributed by atoms with E-state index in [-0.39, 0.29) is 12.4 Å². The molecule has 1 heterocycles. The Hall–Kier alpha value is -2.39. The maximum atomic E-state index is 12.2. The number of nitrogens with zero attached hydrogens (tertiary/aromatic N) is 2. The molecule has 0 bridgehead atoms. The van der Waals surface area contributed by atoms with Crippen molar-refractivity contribution in [3.05, 3.63) is 17.8 Å². The first-order valence-electron chi connectivity index (χ1n) is 4.98. The molecule has 0 spiro atoms. The molecule has 104 valence electrons. The van der Waals surface area contributed by atoms with Crippen LogP contribution < -0.4 is 10.9 Å². The Labute approximate surface area is 105 Å². The summed E-state index contributed by atoms with van der Waals surface area (Å²) in [6.07, 6.45) is -4.60. The summed E-state index contributed by atoms with van der Waals surface area (Å²) in [4.78, 5) is 21.9. The van der Waals surface area contributed by atoms with Gasteiger partial charge in [0.2, 0.25) is 0 Å². The Kier molecular flexibility index (Phi) is 4.62. The summed E-state index contributed by atoms with van der Waals surface area (Å²) in [5, 5.41) is 6.08. The highest BCUT2D eigenvalue weighted by Gasteiger charge is 2.32. The number of anilines is 1. The van der Waals surface area contributed by atoms with Gasteiger partial charge in [-0.2, -0.15) is 13.2 Å². The van der Waals surface area contributed by atoms with Gasteiger partial charge in [0.05, 0.1) is 6.61 Å². The molecule has 1 aromatic rings. The summed E-state index contributed by atoms with van der Waals surface area (Å²) in [5.74, 6) is -2.40. The number of carbonyl (C=O) groups is 2. The van der Waals surface area contributed by atoms with Gasteiger partial charge in [0.1, 0.15) is 0 Å². The number of halogens is 3. The third kappa shape index (κ3) is 4.41. The van der Waals surface area contributed by atoms with Crippen molar-refractivity contribution in [2.75, 3.05) is 12.0 Å². The zero-order chi connectivity index (χ0) is 14.5. The van der Waals surface area contributed by atoms with Crippen molar-refractivity contribution in [1.82, 2.24) is 15.6 Å². The van der Waals surface area contributed by atoms with E-state index >= 15 is 0 Å². The quantitative estimate of drug-likeness (QED) is 0.475. The topological polar surface area (TPSA) is 93.2 Å². The van der Waals surface area contributed by atoms with Gasteiger partial charge in [0.15, 0.2) is 11.5 Å². The largest absolute Gasteiger partial charge is 0.459 e. The molecule has 1 aromatic heterocycles. The summed E-state index contributed by atoms with van der Waals surface area (Å²) in [6, 6.07) is 1.62. The van der Waals surface area contributed by atoms with Crippen molar-refractivity contribution in [1.29, 1.82) is 0 Å². The molecule has 7 nitrogen and oxygen atoms in total. The average molecular weight is 278 g/mol. The highest BCUT2D eigenvalue weighted by atomic mass is 19.4. The van der Waals surface area contributed by atoms with Crippen LogP contribution in [0.15, 0.2) is 12.1 Å². The highest BCUT2D eigenvalue weighted by molar-refractivity contribution is 6.32. The average Bonchev–Trinajstić information content (AvgIpc) is 2.35. The fourth-order valence-corrected chi connectivity index (χ4v) is 0.919. The fraction of sp³-hybridized carbons (Fsp3) is 0.333. The van der Waals surface area contributed by atoms with Gasteiger partial charge in [-0.15, -0.1) is 10.2 Å². The zero-order valence-electron chi connectivity index (χ0n) is 9.61. The Morgan fingerprint density at radius 2 is 2.00 bits per heavy atom. The first-order valence-corrected chi connectivity index (χ1v) is 4.98. The number of amides is 1. The summed E-state index contributed by atoms with van der Waals surface area (Å²) >= 11 is 0. The summed E-state index contributed by atoms with van der Waals surface area (Å²) in [5.41, 5.74) is 2.84. The van der Waals surface area contributed by atoms with Crippen LogP contribution in [-0.2, 0) is 20.5 Å². The molecule has 1 amide bonds. The van der Waals surface area contributed by atoms with E-state index in [0.717, 1.165) is 6.07 Å². The van der Waals surface area contributed by atoms with Crippen LogP contribution in [0, 0.1) is 0 Å². The van der Waals surface area contributed by atoms with Crippen LogP contribution in [0.2, 0.25) is 0 Å². The predicted octanol–water partition coefficient (Wildman–Crippen LogP) is 0.502. The van der Waals surface area contributed by atoms with Crippen molar-refractivity contribution in [3.8, 4) is 0 Å². The maximum absolute atomic E-state index is 12.2. The third-order valence-corrected chi connectivity index (χ3v) is 1.72. The molecular formula is C9H9F3N4O3. The number of hydrazine groups is 1. The number of ether oxygens (including phenoxy) is 1. The van der Waals surface area contributed by atoms with Gasteiger partial charge in [-0.05, 0) is 19.1 Å². The van der Waals surface area contributed by atoms with Crippen molar-refractivity contribution in [2.45, 2.75) is 13.1 Å². The lowest BCUT2D eigenvalue weighted by atomic mass is 10.4. The summed E-state index contributed by atoms with van der Waals surface area (Å²) in [6.45, 7) is 1.53. The van der Waals surface area contributed by atoms with Gasteiger partial charge < -0.3 is 4.74 Å². The molecule has 0 aliphatic heterocycles. The van der Waals surface area contributed by atoms with Crippen molar-refractivity contribution < 1.29 is 27.5 Å². The first-order chi connectivity index (χ1) is 8.84. The van der Waals surface area contributed by atoms with Crippen molar-refractivity contribution in [2.24, 2.45) is 0 Å². The van der Waals surface area contributed by atoms with Crippen LogP contribution >= 0.6 is 0 Å². The van der Waals surface area contributed by atoms with E-state index in [4.69, 9.17) is 0 Å². The van der Waals surface area contributed by atoms with Crippen LogP contribution in [0.5, 0.6) is 0 Å². The zero-order valence-corrected chi connectivity index (χ0v) is 9.61. The highest BCUT2D eigenvalue weighted by Crippen LogP contribution is 2.26. The standard InChI is InChI=1S/C9H9F3N4O3/c1-2-19-8(18)7(17)16-15-6-4-3-5(13-14-6)9(10,11)12/h3-4H,2H2,1H3,(H,14,15)(H,16,17). The minimum absolute atomic E-state index is 0.0202. The molecule has 1 rings (SSSR count). The van der Waals surface area contributed by atoms with E-state index in [9.17, 15) is 22.8 Å². The Bertz CT molecular complexity index is 461. The third-order valence-electron chi connectivity index (χ3n) is 1.72. The molecule has 0 atom stereocenters. The second-order valence-electron chi connectivity index (χ2n) is 3.10. The molecule has 0 aliphatic carbocycles. The smallest absolute Gasteiger partial charge is 0.435 e. The number of alkyl halides is 3. The minimum Gasteiger partial charge on any atom is -0.459 e. The molecular weight excluding hydrogens is 269 g/mol. The molecule has 0 aliphatic rings. The van der Waals surface area contributed by atoms with Gasteiger partial charge in [-0.1, -0.05) is 0 Å². The van der Waals surface area contributed by atoms with Gasteiger partial charge in [0, 0.05) is 0 Å². The molecule has 0 unspecified atom stereocenters. The predicted molar refractivity (Wildman–Crippen MR) is 55.4 cm³/mol. The minimum atomic E-state index is -4.60. The number of aromatic nitrogens is 2. The fourth-order valence-electron chi connectivity index (χ4n) is 0.919. The molecule has 19 heavy (non-hydrogen) atoms. The van der Waals surface area contributed by atoms with Crippen molar-refractivity contribution in [3.63, 3.8) is 0 Å². The number of hydrogen-bond donors (Lipinski definition) is 2. The monoisotopic (exact) mass is 278 g/mol. The van der Waals surface area contributed by atoms with E-state index in [2.05, 4.69) is 20.4 Å². The van der Waals surface area contributed by atoms with E-state index in [1.165, 1.54) is 6.92 Å². The van der Waals surface area contributed by atoms with Gasteiger partial charge in [-0.3, -0.25) is 15.6 Å². The lowest BCUT2D eigenvalue weighted by Crippen LogP contribution is -2.36. The normalized spacial score (nSPS) is 10.7. The van der Waals surface area contributed by atoms with Gasteiger partial charge >= 0.3 is 18.1 Å². The van der Waals surface area contributed by atoms with Crippen LogP contribution in [0.1, 0.15) is 12.6 Å². The van der Waals surface area contributed by atoms with E-state index in [1.54, 1.807) is 0 Å². The van der Waals surface area contributed by atoms with E-state index < -0.39 is 23.7 Å². The second kappa shape index (κ2) is 5.98. The molecule has 0 saturated carbocycles. The molecule has 10 heteroatoms. The summed E-state index contributed by atoms with van der Waals surface area (Å²) in [7, 11) is 0. The van der Waals surface area contributed by atoms with Crippen LogP contribution in [0.4, 0.5) is 19.0 Å². The Morgan fingerprint density at radius 3 is 2.47 bits per heavy atom. The number of esters is 1. The van der Waals surface area contributed by atoms with Gasteiger partial charge in [0.25, 0.3) is 0 Å². The number of hydrogen-bond acceptors (Lipinski definition) is 6. The lowest BCUT2D eigenvalue weighted by molar-refractivity contribution is -0.154. The van der Waals surface area contributed by atoms with Crippen LogP contribution in [0.3, 0.4) is 0 Å². The maximum Gasteiger partial charge on any atom is 0.435 e. The number of carbonyl (C=O) groups excluding carboxylic acids is 2. The number of nitrogens with one attached hydrogen (secondary N) is 2. The second-order valence-corrected chi connectivity index (χ2v) is 3.10. The van der Waals surface area contributed by atoms with E-state index in [1.807, 2.05) is 5.43 Å². The molecule has 0 radical (unpaired) electrons. The SMILES string of the molecule is CCOC(=O)C(=O)NNc1ccc(C(F)(F)F)nn1. The molecule has 2 N–H and O–H groups in total. The van der Waals surface area contributed by atoms with Crippen LogP contribution in [-0.4, -0.2) is 28.7 Å². The van der Waals surface area contributed by atoms with Crippen molar-refractivity contribution >= 4 is 17.7 Å². The molecule has 0 fully saturated rings. The molecule has 0 aromatic carbocycles. The molecule has 0 saturated heterocycles. The summed E-state index contributed by atoms with van der Waals surface area (Å²) < 4.78 is 40.9. The Balaban J connectivity index is 2.55.